The van der Waals surface area contributed by atoms with Gasteiger partial charge in [0.25, 0.3) is 23.6 Å². The van der Waals surface area contributed by atoms with Crippen LogP contribution in [0.4, 0.5) is 22.7 Å². The number of nitrogens with zero attached hydrogens (tertiary/aromatic N) is 4. The summed E-state index contributed by atoms with van der Waals surface area (Å²) in [5, 5.41) is 11.1. The number of nitrogens with one attached hydrogen (secondary N) is 4. The number of aromatic nitrogens is 3. The molecule has 0 atom stereocenters. The van der Waals surface area contributed by atoms with E-state index in [4.69, 9.17) is 34.7 Å². The quantitative estimate of drug-likeness (QED) is 0.0813. The van der Waals surface area contributed by atoms with Crippen LogP contribution in [-0.4, -0.2) is 74.9 Å². The zero-order valence-corrected chi connectivity index (χ0v) is 28.4. The third-order valence-electron chi connectivity index (χ3n) is 7.45. The summed E-state index contributed by atoms with van der Waals surface area (Å²) in [5.41, 5.74) is 14.6. The van der Waals surface area contributed by atoms with Gasteiger partial charge in [-0.3, -0.25) is 19.2 Å². The van der Waals surface area contributed by atoms with Crippen molar-refractivity contribution in [2.75, 3.05) is 52.2 Å². The van der Waals surface area contributed by atoms with Crippen LogP contribution in [0.25, 0.3) is 0 Å². The van der Waals surface area contributed by atoms with Gasteiger partial charge in [-0.15, -0.1) is 23.2 Å². The molecule has 0 radical (unpaired) electrons. The molecule has 0 aliphatic carbocycles. The SMILES string of the molecule is Cn1cc(NC(=O)c2cc(NC(=O)c3cc(NC(=O)c4ccc(N(CCCl)CCCl)cc4)cn3C)cn2C)cc1C(=O)NCCC(N)N. The maximum atomic E-state index is 13.2. The van der Waals surface area contributed by atoms with Crippen molar-refractivity contribution in [1.29, 1.82) is 0 Å². The van der Waals surface area contributed by atoms with Crippen LogP contribution in [0.2, 0.25) is 0 Å². The lowest BCUT2D eigenvalue weighted by Crippen LogP contribution is -2.36. The summed E-state index contributed by atoms with van der Waals surface area (Å²) in [6.07, 6.45) is 4.76. The van der Waals surface area contributed by atoms with E-state index in [-0.39, 0.29) is 23.2 Å². The van der Waals surface area contributed by atoms with Crippen molar-refractivity contribution >= 4 is 69.6 Å². The number of carbonyl (C=O) groups is 4. The standard InChI is InChI=1S/C32H40Cl2N10O4/c1-41-18-22(14-25(41)30(46)37-11-8-28(35)36)39-32(48)27-16-23(19-43(27)3)40-31(47)26-15-21(17-42(26)2)38-29(45)20-4-6-24(7-5-20)44(12-9-33)13-10-34/h4-7,14-19,28H,8-13,35-36H2,1-3H3,(H,37,46)(H,38,45)(H,39,48)(H,40,47). The molecule has 0 fully saturated rings. The minimum atomic E-state index is -0.526. The van der Waals surface area contributed by atoms with Crippen molar-refractivity contribution in [3.63, 3.8) is 0 Å². The topological polar surface area (TPSA) is 186 Å². The Labute approximate surface area is 288 Å². The van der Waals surface area contributed by atoms with E-state index in [0.29, 0.717) is 66.1 Å². The van der Waals surface area contributed by atoms with E-state index in [9.17, 15) is 19.2 Å². The van der Waals surface area contributed by atoms with Crippen molar-refractivity contribution in [3.05, 3.63) is 83.7 Å². The van der Waals surface area contributed by atoms with E-state index in [0.717, 1.165) is 5.69 Å². The molecule has 8 N–H and O–H groups in total. The lowest BCUT2D eigenvalue weighted by atomic mass is 10.1. The van der Waals surface area contributed by atoms with Crippen molar-refractivity contribution in [1.82, 2.24) is 19.0 Å². The second-order valence-electron chi connectivity index (χ2n) is 11.2. The van der Waals surface area contributed by atoms with Crippen LogP contribution in [0.15, 0.2) is 61.1 Å². The Morgan fingerprint density at radius 3 is 1.52 bits per heavy atom. The number of aryl methyl sites for hydroxylation is 3. The molecule has 4 amide bonds. The number of hydrogen-bond donors (Lipinski definition) is 6. The molecule has 256 valence electrons. The largest absolute Gasteiger partial charge is 0.369 e. The van der Waals surface area contributed by atoms with E-state index >= 15 is 0 Å². The summed E-state index contributed by atoms with van der Waals surface area (Å²) in [6.45, 7) is 1.59. The molecule has 48 heavy (non-hydrogen) atoms. The third-order valence-corrected chi connectivity index (χ3v) is 7.79. The smallest absolute Gasteiger partial charge is 0.272 e. The first-order valence-electron chi connectivity index (χ1n) is 15.1. The molecule has 0 aliphatic rings. The second kappa shape index (κ2) is 16.4. The predicted molar refractivity (Wildman–Crippen MR) is 189 cm³/mol. The summed E-state index contributed by atoms with van der Waals surface area (Å²) in [5.74, 6) is -0.626. The molecule has 16 heteroatoms. The van der Waals surface area contributed by atoms with E-state index < -0.39 is 18.0 Å². The van der Waals surface area contributed by atoms with E-state index in [1.807, 2.05) is 17.0 Å². The molecule has 4 rings (SSSR count). The Hall–Kier alpha value is -4.76. The number of anilines is 4. The molecule has 0 saturated carbocycles. The van der Waals surface area contributed by atoms with Crippen LogP contribution < -0.4 is 37.6 Å². The normalized spacial score (nSPS) is 11.0. The molecule has 14 nitrogen and oxygen atoms in total. The number of rotatable bonds is 15. The number of carbonyl (C=O) groups excluding carboxylic acids is 4. The zero-order valence-electron chi connectivity index (χ0n) is 26.9. The molecule has 0 spiro atoms. The molecule has 0 aliphatic heterocycles. The number of amides is 4. The highest BCUT2D eigenvalue weighted by atomic mass is 35.5. The van der Waals surface area contributed by atoms with E-state index in [2.05, 4.69) is 21.3 Å². The van der Waals surface area contributed by atoms with Crippen LogP contribution in [0.3, 0.4) is 0 Å². The van der Waals surface area contributed by atoms with Gasteiger partial charge in [0.15, 0.2) is 0 Å². The fourth-order valence-corrected chi connectivity index (χ4v) is 5.42. The van der Waals surface area contributed by atoms with Gasteiger partial charge in [-0.25, -0.2) is 0 Å². The number of nitrogens with two attached hydrogens (primary N) is 2. The predicted octanol–water partition coefficient (Wildman–Crippen LogP) is 3.11. The first-order valence-corrected chi connectivity index (χ1v) is 16.2. The molecule has 3 aromatic heterocycles. The van der Waals surface area contributed by atoms with Gasteiger partial charge in [-0.05, 0) is 48.9 Å². The highest BCUT2D eigenvalue weighted by Crippen LogP contribution is 2.21. The summed E-state index contributed by atoms with van der Waals surface area (Å²) in [7, 11) is 5.05. The monoisotopic (exact) mass is 698 g/mol. The summed E-state index contributed by atoms with van der Waals surface area (Å²) < 4.78 is 4.76. The fraction of sp³-hybridized carbons (Fsp3) is 0.312. The third kappa shape index (κ3) is 9.19. The molecule has 4 aromatic rings. The van der Waals surface area contributed by atoms with Crippen molar-refractivity contribution in [2.24, 2.45) is 32.6 Å². The summed E-state index contributed by atoms with van der Waals surface area (Å²) in [6, 6.07) is 11.8. The highest BCUT2D eigenvalue weighted by molar-refractivity contribution is 6.18. The van der Waals surface area contributed by atoms with Crippen LogP contribution in [0, 0.1) is 0 Å². The molecule has 0 saturated heterocycles. The molecular weight excluding hydrogens is 659 g/mol. The van der Waals surface area contributed by atoms with Crippen LogP contribution in [0.1, 0.15) is 48.2 Å². The number of hydrogen-bond acceptors (Lipinski definition) is 7. The fourth-order valence-electron chi connectivity index (χ4n) is 5.01. The minimum Gasteiger partial charge on any atom is -0.369 e. The Kier molecular flexibility index (Phi) is 12.3. The van der Waals surface area contributed by atoms with Gasteiger partial charge < -0.3 is 51.3 Å². The lowest BCUT2D eigenvalue weighted by molar-refractivity contribution is 0.0942. The van der Waals surface area contributed by atoms with Gasteiger partial charge in [-0.1, -0.05) is 0 Å². The lowest BCUT2D eigenvalue weighted by Gasteiger charge is -2.22. The van der Waals surface area contributed by atoms with Gasteiger partial charge in [0.1, 0.15) is 17.1 Å². The number of benzene rings is 1. The highest BCUT2D eigenvalue weighted by Gasteiger charge is 2.19. The minimum absolute atomic E-state index is 0.274. The van der Waals surface area contributed by atoms with Gasteiger partial charge >= 0.3 is 0 Å². The second-order valence-corrected chi connectivity index (χ2v) is 11.9. The Morgan fingerprint density at radius 1 is 0.688 bits per heavy atom. The number of halogens is 2. The maximum absolute atomic E-state index is 13.2. The van der Waals surface area contributed by atoms with Crippen molar-refractivity contribution < 1.29 is 19.2 Å². The first kappa shape index (κ1) is 36.1. The Morgan fingerprint density at radius 2 is 1.10 bits per heavy atom. The molecule has 0 bridgehead atoms. The zero-order chi connectivity index (χ0) is 35.0. The molecular formula is C32H40Cl2N10O4. The average molecular weight is 700 g/mol. The summed E-state index contributed by atoms with van der Waals surface area (Å²) >= 11 is 11.8. The van der Waals surface area contributed by atoms with Crippen LogP contribution in [0.5, 0.6) is 0 Å². The Bertz CT molecular complexity index is 1750. The van der Waals surface area contributed by atoms with E-state index in [1.54, 1.807) is 77.7 Å². The first-order chi connectivity index (χ1) is 22.9. The van der Waals surface area contributed by atoms with Crippen molar-refractivity contribution in [3.8, 4) is 0 Å². The summed E-state index contributed by atoms with van der Waals surface area (Å²) in [4.78, 5) is 53.7. The molecule has 3 heterocycles. The number of alkyl halides is 2. The van der Waals surface area contributed by atoms with Gasteiger partial charge in [0, 0.05) is 82.4 Å². The van der Waals surface area contributed by atoms with Crippen LogP contribution in [-0.2, 0) is 21.1 Å². The van der Waals surface area contributed by atoms with Gasteiger partial charge in [-0.2, -0.15) is 0 Å². The molecule has 0 unspecified atom stereocenters. The van der Waals surface area contributed by atoms with Crippen LogP contribution >= 0.6 is 23.2 Å². The van der Waals surface area contributed by atoms with Gasteiger partial charge in [0.2, 0.25) is 0 Å². The average Bonchev–Trinajstić information content (AvgIpc) is 3.71. The van der Waals surface area contributed by atoms with Crippen molar-refractivity contribution in [2.45, 2.75) is 12.6 Å². The van der Waals surface area contributed by atoms with E-state index in [1.165, 1.54) is 6.07 Å². The Balaban J connectivity index is 1.36. The van der Waals surface area contributed by atoms with Gasteiger partial charge in [0.05, 0.1) is 23.2 Å². The molecule has 1 aromatic carbocycles. The maximum Gasteiger partial charge on any atom is 0.272 e.